The molecule has 1 aromatic carbocycles. The van der Waals surface area contributed by atoms with Gasteiger partial charge in [-0.3, -0.25) is 4.79 Å². The van der Waals surface area contributed by atoms with Crippen molar-refractivity contribution < 1.29 is 22.8 Å². The van der Waals surface area contributed by atoms with Crippen LogP contribution in [0, 0.1) is 12.3 Å². The van der Waals surface area contributed by atoms with E-state index >= 15 is 0 Å². The Balaban J connectivity index is 1.81. The van der Waals surface area contributed by atoms with Gasteiger partial charge in [0.2, 0.25) is 0 Å². The molecule has 6 nitrogen and oxygen atoms in total. The number of nitrogens with two attached hydrogens (primary N) is 2. The highest BCUT2D eigenvalue weighted by Crippen LogP contribution is 2.45. The first kappa shape index (κ1) is 23.5. The summed E-state index contributed by atoms with van der Waals surface area (Å²) in [5, 5.41) is 3.59. The smallest absolute Gasteiger partial charge is 0.390 e. The molecule has 1 heterocycles. The van der Waals surface area contributed by atoms with Crippen molar-refractivity contribution in [3.63, 3.8) is 0 Å². The number of hydrogen-bond donors (Lipinski definition) is 3. The molecule has 170 valence electrons. The minimum Gasteiger partial charge on any atom is -0.398 e. The fraction of sp³-hybridized carbons (Fsp3) is 0.318. The van der Waals surface area contributed by atoms with E-state index in [4.69, 9.17) is 11.5 Å². The lowest BCUT2D eigenvalue weighted by Crippen LogP contribution is -2.40. The largest absolute Gasteiger partial charge is 0.398 e. The lowest BCUT2D eigenvalue weighted by molar-refractivity contribution is -0.155. The van der Waals surface area contributed by atoms with Gasteiger partial charge in [-0.15, -0.1) is 11.3 Å². The minimum absolute atomic E-state index is 0.0475. The van der Waals surface area contributed by atoms with E-state index in [1.807, 2.05) is 6.92 Å². The zero-order valence-corrected chi connectivity index (χ0v) is 18.1. The van der Waals surface area contributed by atoms with E-state index in [-0.39, 0.29) is 18.4 Å². The Labute approximate surface area is 187 Å². The number of fused-ring (bicyclic) bond motifs is 1. The number of ketones is 1. The summed E-state index contributed by atoms with van der Waals surface area (Å²) in [5.74, 6) is -0.314. The summed E-state index contributed by atoms with van der Waals surface area (Å²) in [4.78, 5) is 29.2. The standard InChI is InChI=1S/C22H23F3N4O2S/c1-13-11-28-20(32-13)29-18(27)5-4-17(26)15-2-3-16-14(10-15)6-7-21(8-9-30,19(16)31)12-22(23,24)25/h2-5,9-11H,6-8,12,26-27H2,1H3,(H,28,29)/b17-4-,18-5+. The Hall–Kier alpha value is -3.14. The van der Waals surface area contributed by atoms with Gasteiger partial charge < -0.3 is 21.6 Å². The van der Waals surface area contributed by atoms with Crippen LogP contribution < -0.4 is 16.8 Å². The van der Waals surface area contributed by atoms with Crippen molar-refractivity contribution in [1.82, 2.24) is 4.98 Å². The van der Waals surface area contributed by atoms with Crippen LogP contribution in [0.25, 0.3) is 5.70 Å². The number of aromatic nitrogens is 1. The van der Waals surface area contributed by atoms with Crippen molar-refractivity contribution in [3.05, 3.63) is 63.9 Å². The quantitative estimate of drug-likeness (QED) is 0.416. The van der Waals surface area contributed by atoms with Crippen LogP contribution in [0.15, 0.2) is 42.4 Å². The SMILES string of the molecule is Cc1cnc(N/C(N)=C/C=C(\N)c2ccc3c(c2)CCC(CC=O)(CC(F)(F)F)C3=O)s1. The lowest BCUT2D eigenvalue weighted by atomic mass is 9.66. The van der Waals surface area contributed by atoms with Gasteiger partial charge >= 0.3 is 6.18 Å². The normalized spacial score (nSPS) is 19.6. The van der Waals surface area contributed by atoms with Crippen LogP contribution >= 0.6 is 11.3 Å². The average Bonchev–Trinajstić information content (AvgIpc) is 3.12. The molecule has 0 bridgehead atoms. The zero-order valence-electron chi connectivity index (χ0n) is 17.3. The Kier molecular flexibility index (Phi) is 6.73. The van der Waals surface area contributed by atoms with Crippen molar-refractivity contribution in [1.29, 1.82) is 0 Å². The van der Waals surface area contributed by atoms with E-state index in [9.17, 15) is 22.8 Å². The second-order valence-corrected chi connectivity index (χ2v) is 9.02. The molecule has 0 amide bonds. The van der Waals surface area contributed by atoms with Gasteiger partial charge in [0.1, 0.15) is 12.1 Å². The maximum absolute atomic E-state index is 13.1. The van der Waals surface area contributed by atoms with E-state index in [0.717, 1.165) is 4.88 Å². The van der Waals surface area contributed by atoms with Crippen LogP contribution in [0.3, 0.4) is 0 Å². The number of aryl methyl sites for hydroxylation is 2. The molecule has 1 aliphatic carbocycles. The minimum atomic E-state index is -4.54. The molecule has 5 N–H and O–H groups in total. The number of rotatable bonds is 7. The number of nitrogens with one attached hydrogen (secondary N) is 1. The van der Waals surface area contributed by atoms with Gasteiger partial charge in [0.05, 0.1) is 6.42 Å². The Morgan fingerprint density at radius 3 is 2.69 bits per heavy atom. The van der Waals surface area contributed by atoms with Crippen LogP contribution in [0.2, 0.25) is 0 Å². The van der Waals surface area contributed by atoms with Crippen LogP contribution in [0.4, 0.5) is 18.3 Å². The molecular weight excluding hydrogens is 441 g/mol. The van der Waals surface area contributed by atoms with Gasteiger partial charge in [-0.2, -0.15) is 13.2 Å². The number of allylic oxidation sites excluding steroid dienone is 2. The number of thiazole rings is 1. The van der Waals surface area contributed by atoms with E-state index in [1.165, 1.54) is 17.4 Å². The fourth-order valence-electron chi connectivity index (χ4n) is 3.81. The van der Waals surface area contributed by atoms with Crippen LogP contribution in [-0.4, -0.2) is 23.2 Å². The summed E-state index contributed by atoms with van der Waals surface area (Å²) in [7, 11) is 0. The predicted octanol–water partition coefficient (Wildman–Crippen LogP) is 4.32. The number of carbonyl (C=O) groups excluding carboxylic acids is 2. The molecule has 0 saturated heterocycles. The fourth-order valence-corrected chi connectivity index (χ4v) is 4.49. The van der Waals surface area contributed by atoms with E-state index in [2.05, 4.69) is 10.3 Å². The molecule has 0 saturated carbocycles. The van der Waals surface area contributed by atoms with Crippen LogP contribution in [0.5, 0.6) is 0 Å². The zero-order chi connectivity index (χ0) is 23.5. The number of anilines is 1. The third-order valence-electron chi connectivity index (χ3n) is 5.37. The molecule has 2 aromatic rings. The maximum Gasteiger partial charge on any atom is 0.390 e. The molecule has 3 rings (SSSR count). The molecule has 1 unspecified atom stereocenters. The average molecular weight is 465 g/mol. The molecule has 1 aliphatic rings. The molecule has 0 aliphatic heterocycles. The van der Waals surface area contributed by atoms with Gasteiger partial charge in [-0.25, -0.2) is 4.98 Å². The number of halogens is 3. The summed E-state index contributed by atoms with van der Waals surface area (Å²) < 4.78 is 39.3. The first-order valence-corrected chi connectivity index (χ1v) is 10.7. The highest BCUT2D eigenvalue weighted by molar-refractivity contribution is 7.15. The topological polar surface area (TPSA) is 111 Å². The van der Waals surface area contributed by atoms with Crippen LogP contribution in [-0.2, 0) is 11.2 Å². The number of benzene rings is 1. The van der Waals surface area contributed by atoms with Crippen molar-refractivity contribution in [2.75, 3.05) is 5.32 Å². The van der Waals surface area contributed by atoms with Crippen molar-refractivity contribution in [2.24, 2.45) is 16.9 Å². The van der Waals surface area contributed by atoms with Gasteiger partial charge in [0.15, 0.2) is 10.9 Å². The van der Waals surface area contributed by atoms with Gasteiger partial charge in [0, 0.05) is 34.2 Å². The van der Waals surface area contributed by atoms with Crippen molar-refractivity contribution >= 4 is 34.2 Å². The molecular formula is C22H23F3N4O2S. The number of carbonyl (C=O) groups is 2. The van der Waals surface area contributed by atoms with Crippen molar-refractivity contribution in [2.45, 2.75) is 38.8 Å². The molecule has 0 fully saturated rings. The number of alkyl halides is 3. The molecule has 0 radical (unpaired) electrons. The number of Topliss-reactive ketones (excluding diaryl/α,β-unsaturated/α-hetero) is 1. The van der Waals surface area contributed by atoms with E-state index in [1.54, 1.807) is 30.5 Å². The summed E-state index contributed by atoms with van der Waals surface area (Å²) in [6.07, 6.45) is -0.825. The highest BCUT2D eigenvalue weighted by Gasteiger charge is 2.49. The molecule has 1 atom stereocenters. The first-order chi connectivity index (χ1) is 15.0. The van der Waals surface area contributed by atoms with Gasteiger partial charge in [-0.05, 0) is 49.1 Å². The summed E-state index contributed by atoms with van der Waals surface area (Å²) in [5.41, 5.74) is 12.1. The second kappa shape index (κ2) is 9.15. The van der Waals surface area contributed by atoms with Gasteiger partial charge in [-0.1, -0.05) is 12.1 Å². The lowest BCUT2D eigenvalue weighted by Gasteiger charge is -2.36. The Bertz CT molecular complexity index is 1090. The summed E-state index contributed by atoms with van der Waals surface area (Å²) in [6.45, 7) is 1.92. The summed E-state index contributed by atoms with van der Waals surface area (Å²) >= 11 is 1.45. The van der Waals surface area contributed by atoms with Crippen LogP contribution in [0.1, 0.15) is 45.6 Å². The highest BCUT2D eigenvalue weighted by atomic mass is 32.1. The third kappa shape index (κ3) is 5.37. The maximum atomic E-state index is 13.1. The van der Waals surface area contributed by atoms with Gasteiger partial charge in [0.25, 0.3) is 0 Å². The number of nitrogens with zero attached hydrogens (tertiary/aromatic N) is 1. The van der Waals surface area contributed by atoms with E-state index in [0.29, 0.717) is 34.1 Å². The Morgan fingerprint density at radius 2 is 2.06 bits per heavy atom. The molecule has 10 heteroatoms. The predicted molar refractivity (Wildman–Crippen MR) is 118 cm³/mol. The first-order valence-electron chi connectivity index (χ1n) is 9.84. The van der Waals surface area contributed by atoms with Crippen molar-refractivity contribution in [3.8, 4) is 0 Å². The third-order valence-corrected chi connectivity index (χ3v) is 6.19. The molecule has 0 spiro atoms. The summed E-state index contributed by atoms with van der Waals surface area (Å²) in [6, 6.07) is 4.75. The Morgan fingerprint density at radius 1 is 1.31 bits per heavy atom. The second-order valence-electron chi connectivity index (χ2n) is 7.79. The number of aldehydes is 1. The monoisotopic (exact) mass is 464 g/mol. The molecule has 1 aromatic heterocycles. The van der Waals surface area contributed by atoms with E-state index < -0.39 is 30.2 Å². The molecule has 32 heavy (non-hydrogen) atoms. The number of hydrogen-bond acceptors (Lipinski definition) is 7.